The molecule has 0 spiro atoms. The maximum absolute atomic E-state index is 12.0. The van der Waals surface area contributed by atoms with E-state index in [0.717, 1.165) is 68.6 Å². The number of nitrogens with zero attached hydrogens (tertiary/aromatic N) is 5. The highest BCUT2D eigenvalue weighted by Gasteiger charge is 2.25. The first-order chi connectivity index (χ1) is 13.2. The third kappa shape index (κ3) is 4.04. The van der Waals surface area contributed by atoms with Crippen LogP contribution in [0.25, 0.3) is 0 Å². The van der Waals surface area contributed by atoms with Gasteiger partial charge >= 0.3 is 0 Å². The Morgan fingerprint density at radius 1 is 1.30 bits per heavy atom. The topological polar surface area (TPSA) is 88.0 Å². The Labute approximate surface area is 159 Å². The molecular formula is C19H27N7O. The Bertz CT molecular complexity index is 799. The molecule has 3 heterocycles. The number of hydrogen-bond donors (Lipinski definition) is 2. The summed E-state index contributed by atoms with van der Waals surface area (Å²) in [6.45, 7) is 5.87. The number of rotatable bonds is 6. The van der Waals surface area contributed by atoms with Crippen molar-refractivity contribution in [2.24, 2.45) is 5.92 Å². The summed E-state index contributed by atoms with van der Waals surface area (Å²) in [6.07, 6.45) is 5.99. The number of nitrogens with one attached hydrogen (secondary N) is 2. The Morgan fingerprint density at radius 2 is 2.19 bits per heavy atom. The number of aromatic nitrogens is 4. The molecule has 2 aromatic heterocycles. The summed E-state index contributed by atoms with van der Waals surface area (Å²) >= 11 is 0. The second-order valence-electron chi connectivity index (χ2n) is 7.24. The van der Waals surface area contributed by atoms with Gasteiger partial charge in [-0.3, -0.25) is 9.48 Å². The van der Waals surface area contributed by atoms with E-state index in [1.165, 1.54) is 6.42 Å². The average molecular weight is 369 g/mol. The summed E-state index contributed by atoms with van der Waals surface area (Å²) in [6, 6.07) is 3.98. The Balaban J connectivity index is 1.43. The molecule has 1 saturated carbocycles. The minimum atomic E-state index is 0.166. The van der Waals surface area contributed by atoms with E-state index in [0.29, 0.717) is 6.54 Å². The van der Waals surface area contributed by atoms with Crippen molar-refractivity contribution >= 4 is 17.7 Å². The number of anilines is 2. The smallest absolute Gasteiger partial charge is 0.227 e. The van der Waals surface area contributed by atoms with Gasteiger partial charge in [-0.05, 0) is 38.3 Å². The van der Waals surface area contributed by atoms with E-state index in [4.69, 9.17) is 0 Å². The Morgan fingerprint density at radius 3 is 2.96 bits per heavy atom. The van der Waals surface area contributed by atoms with Gasteiger partial charge in [0.1, 0.15) is 5.82 Å². The molecule has 0 atom stereocenters. The van der Waals surface area contributed by atoms with E-state index in [-0.39, 0.29) is 11.8 Å². The van der Waals surface area contributed by atoms with Crippen LogP contribution >= 0.6 is 0 Å². The van der Waals surface area contributed by atoms with Crippen molar-refractivity contribution in [3.63, 3.8) is 0 Å². The van der Waals surface area contributed by atoms with Gasteiger partial charge in [0.25, 0.3) is 0 Å². The van der Waals surface area contributed by atoms with Crippen molar-refractivity contribution in [3.05, 3.63) is 29.7 Å². The van der Waals surface area contributed by atoms with Crippen LogP contribution < -0.4 is 15.5 Å². The Kier molecular flexibility index (Phi) is 5.22. The fourth-order valence-corrected chi connectivity index (χ4v) is 3.55. The quantitative estimate of drug-likeness (QED) is 0.809. The summed E-state index contributed by atoms with van der Waals surface area (Å²) in [5.41, 5.74) is 2.06. The van der Waals surface area contributed by atoms with Crippen LogP contribution in [0, 0.1) is 5.92 Å². The number of hydrogen-bond acceptors (Lipinski definition) is 6. The molecule has 1 aliphatic heterocycles. The molecule has 144 valence electrons. The molecule has 0 saturated heterocycles. The van der Waals surface area contributed by atoms with Crippen LogP contribution in [0.4, 0.5) is 11.8 Å². The van der Waals surface area contributed by atoms with E-state index >= 15 is 0 Å². The number of fused-ring (bicyclic) bond motifs is 1. The van der Waals surface area contributed by atoms with E-state index in [1.54, 1.807) is 6.20 Å². The molecule has 1 amide bonds. The van der Waals surface area contributed by atoms with Crippen molar-refractivity contribution in [2.45, 2.75) is 52.2 Å². The van der Waals surface area contributed by atoms with Crippen LogP contribution in [0.2, 0.25) is 0 Å². The van der Waals surface area contributed by atoms with E-state index in [2.05, 4.69) is 48.3 Å². The molecule has 0 aromatic carbocycles. The van der Waals surface area contributed by atoms with Crippen molar-refractivity contribution in [2.75, 3.05) is 23.3 Å². The second-order valence-corrected chi connectivity index (χ2v) is 7.24. The summed E-state index contributed by atoms with van der Waals surface area (Å²) in [4.78, 5) is 23.3. The lowest BCUT2D eigenvalue weighted by Gasteiger charge is -2.23. The first kappa shape index (κ1) is 17.8. The fraction of sp³-hybridized carbons (Fsp3) is 0.579. The van der Waals surface area contributed by atoms with Gasteiger partial charge in [0.15, 0.2) is 0 Å². The molecule has 2 N–H and O–H groups in total. The molecule has 2 aromatic rings. The third-order valence-corrected chi connectivity index (χ3v) is 5.27. The van der Waals surface area contributed by atoms with Crippen molar-refractivity contribution in [1.82, 2.24) is 25.1 Å². The molecular weight excluding hydrogens is 342 g/mol. The lowest BCUT2D eigenvalue weighted by molar-refractivity contribution is -0.127. The zero-order chi connectivity index (χ0) is 18.6. The van der Waals surface area contributed by atoms with E-state index in [1.807, 2.05) is 6.07 Å². The minimum absolute atomic E-state index is 0.166. The van der Waals surface area contributed by atoms with Crippen LogP contribution in [-0.4, -0.2) is 38.7 Å². The van der Waals surface area contributed by atoms with Crippen molar-refractivity contribution < 1.29 is 4.79 Å². The highest BCUT2D eigenvalue weighted by atomic mass is 16.1. The lowest BCUT2D eigenvalue weighted by Crippen LogP contribution is -2.34. The normalized spacial score (nSPS) is 17.0. The van der Waals surface area contributed by atoms with Gasteiger partial charge in [-0.2, -0.15) is 10.1 Å². The number of carbonyl (C=O) groups is 1. The van der Waals surface area contributed by atoms with E-state index in [9.17, 15) is 4.79 Å². The Hall–Kier alpha value is -2.64. The summed E-state index contributed by atoms with van der Waals surface area (Å²) < 4.78 is 2.05. The zero-order valence-electron chi connectivity index (χ0n) is 15.8. The first-order valence-electron chi connectivity index (χ1n) is 9.88. The average Bonchev–Trinajstić information content (AvgIpc) is 2.89. The molecule has 1 aliphatic carbocycles. The van der Waals surface area contributed by atoms with Crippen LogP contribution in [0.1, 0.15) is 44.0 Å². The van der Waals surface area contributed by atoms with Gasteiger partial charge in [-0.15, -0.1) is 0 Å². The largest absolute Gasteiger partial charge is 0.370 e. The maximum Gasteiger partial charge on any atom is 0.227 e. The molecule has 8 heteroatoms. The summed E-state index contributed by atoms with van der Waals surface area (Å²) in [7, 11) is 0. The predicted octanol–water partition coefficient (Wildman–Crippen LogP) is 1.93. The molecule has 27 heavy (non-hydrogen) atoms. The number of aryl methyl sites for hydroxylation is 1. The van der Waals surface area contributed by atoms with Crippen molar-refractivity contribution in [3.8, 4) is 0 Å². The summed E-state index contributed by atoms with van der Waals surface area (Å²) in [5, 5.41) is 10.9. The lowest BCUT2D eigenvalue weighted by atomic mass is 9.85. The predicted molar refractivity (Wildman–Crippen MR) is 103 cm³/mol. The van der Waals surface area contributed by atoms with Crippen LogP contribution in [0.5, 0.6) is 0 Å². The standard InChI is InChI=1S/C19H27N7O/c1-2-20-17-7-8-21-19(23-17)25-9-4-10-26-16(13-25)11-15(24-26)12-22-18(27)14-5-3-6-14/h7-8,11,14H,2-6,9-10,12-13H2,1H3,(H,22,27)(H,20,21,23). The third-order valence-electron chi connectivity index (χ3n) is 5.27. The molecule has 2 aliphatic rings. The SMILES string of the molecule is CCNc1ccnc(N2CCCn3nc(CNC(=O)C4CCC4)cc3C2)n1. The van der Waals surface area contributed by atoms with Crippen LogP contribution in [-0.2, 0) is 24.4 Å². The fourth-order valence-electron chi connectivity index (χ4n) is 3.55. The molecule has 8 nitrogen and oxygen atoms in total. The van der Waals surface area contributed by atoms with Crippen molar-refractivity contribution in [1.29, 1.82) is 0 Å². The monoisotopic (exact) mass is 369 g/mol. The van der Waals surface area contributed by atoms with E-state index < -0.39 is 0 Å². The van der Waals surface area contributed by atoms with Gasteiger partial charge in [0.05, 0.1) is 24.5 Å². The molecule has 4 rings (SSSR count). The minimum Gasteiger partial charge on any atom is -0.370 e. The molecule has 1 fully saturated rings. The van der Waals surface area contributed by atoms with Gasteiger partial charge in [-0.1, -0.05) is 6.42 Å². The van der Waals surface area contributed by atoms with Gasteiger partial charge in [-0.25, -0.2) is 4.98 Å². The molecule has 0 unspecified atom stereocenters. The number of carbonyl (C=O) groups excluding carboxylic acids is 1. The zero-order valence-corrected chi connectivity index (χ0v) is 15.8. The first-order valence-corrected chi connectivity index (χ1v) is 9.88. The second kappa shape index (κ2) is 7.94. The highest BCUT2D eigenvalue weighted by Crippen LogP contribution is 2.26. The van der Waals surface area contributed by atoms with Gasteiger partial charge < -0.3 is 15.5 Å². The molecule has 0 radical (unpaired) electrons. The molecule has 0 bridgehead atoms. The van der Waals surface area contributed by atoms with Gasteiger partial charge in [0, 0.05) is 31.7 Å². The maximum atomic E-state index is 12.0. The van der Waals surface area contributed by atoms with Gasteiger partial charge in [0.2, 0.25) is 11.9 Å². The summed E-state index contributed by atoms with van der Waals surface area (Å²) in [5.74, 6) is 1.96. The van der Waals surface area contributed by atoms with Crippen LogP contribution in [0.15, 0.2) is 18.3 Å². The van der Waals surface area contributed by atoms with Crippen LogP contribution in [0.3, 0.4) is 0 Å². The number of amides is 1. The highest BCUT2D eigenvalue weighted by molar-refractivity contribution is 5.79.